The number of amides is 2. The van der Waals surface area contributed by atoms with Gasteiger partial charge in [0.2, 0.25) is 0 Å². The molecule has 0 aliphatic heterocycles. The number of hydrogen-bond donors (Lipinski definition) is 1. The number of benzene rings is 1. The Bertz CT molecular complexity index is 665. The van der Waals surface area contributed by atoms with Crippen LogP contribution >= 0.6 is 0 Å². The van der Waals surface area contributed by atoms with Gasteiger partial charge in [0.15, 0.2) is 0 Å². The standard InChI is InChI=1S/C19H24N2O4/c1-3-15-7-9-16(10-8-15)20-19(23)21(12-11-18(22)24-4-2)14-17-6-5-13-25-17/h5-10,13H,3-4,11-12,14H2,1-2H3,(H,20,23). The van der Waals surface area contributed by atoms with E-state index in [0.29, 0.717) is 18.1 Å². The van der Waals surface area contributed by atoms with Crippen LogP contribution in [-0.2, 0) is 22.5 Å². The summed E-state index contributed by atoms with van der Waals surface area (Å²) in [5.74, 6) is 0.326. The van der Waals surface area contributed by atoms with Gasteiger partial charge >= 0.3 is 12.0 Å². The molecule has 2 amide bonds. The average Bonchev–Trinajstić information content (AvgIpc) is 3.12. The first-order chi connectivity index (χ1) is 12.1. The summed E-state index contributed by atoms with van der Waals surface area (Å²) in [4.78, 5) is 25.7. The van der Waals surface area contributed by atoms with Crippen molar-refractivity contribution in [1.82, 2.24) is 4.90 Å². The highest BCUT2D eigenvalue weighted by Crippen LogP contribution is 2.13. The van der Waals surface area contributed by atoms with Gasteiger partial charge in [0, 0.05) is 12.2 Å². The predicted octanol–water partition coefficient (Wildman–Crippen LogP) is 3.83. The van der Waals surface area contributed by atoms with Crippen LogP contribution < -0.4 is 5.32 Å². The Morgan fingerprint density at radius 1 is 1.16 bits per heavy atom. The molecule has 1 aromatic carbocycles. The second-order valence-corrected chi connectivity index (χ2v) is 5.54. The molecule has 0 saturated carbocycles. The van der Waals surface area contributed by atoms with Crippen molar-refractivity contribution in [1.29, 1.82) is 0 Å². The number of furan rings is 1. The van der Waals surface area contributed by atoms with Crippen LogP contribution in [-0.4, -0.2) is 30.1 Å². The van der Waals surface area contributed by atoms with Crippen molar-refractivity contribution in [2.45, 2.75) is 33.2 Å². The van der Waals surface area contributed by atoms with Crippen LogP contribution in [0.15, 0.2) is 47.1 Å². The Hall–Kier alpha value is -2.76. The number of hydrogen-bond acceptors (Lipinski definition) is 4. The number of esters is 1. The summed E-state index contributed by atoms with van der Waals surface area (Å²) in [5, 5.41) is 2.85. The Balaban J connectivity index is 2.01. The fourth-order valence-electron chi connectivity index (χ4n) is 2.33. The molecule has 0 aliphatic rings. The minimum absolute atomic E-state index is 0.136. The fourth-order valence-corrected chi connectivity index (χ4v) is 2.33. The minimum atomic E-state index is -0.327. The first-order valence-electron chi connectivity index (χ1n) is 8.45. The predicted molar refractivity (Wildman–Crippen MR) is 95.2 cm³/mol. The van der Waals surface area contributed by atoms with E-state index in [1.54, 1.807) is 25.3 Å². The maximum absolute atomic E-state index is 12.6. The number of rotatable bonds is 8. The normalized spacial score (nSPS) is 10.3. The van der Waals surface area contributed by atoms with Crippen LogP contribution in [0.1, 0.15) is 31.6 Å². The lowest BCUT2D eigenvalue weighted by atomic mass is 10.1. The van der Waals surface area contributed by atoms with Crippen LogP contribution in [0.2, 0.25) is 0 Å². The SMILES string of the molecule is CCOC(=O)CCN(Cc1ccco1)C(=O)Nc1ccc(CC)cc1. The Labute approximate surface area is 147 Å². The van der Waals surface area contributed by atoms with E-state index < -0.39 is 0 Å². The highest BCUT2D eigenvalue weighted by atomic mass is 16.5. The van der Waals surface area contributed by atoms with Gasteiger partial charge in [-0.1, -0.05) is 19.1 Å². The number of nitrogens with zero attached hydrogens (tertiary/aromatic N) is 1. The minimum Gasteiger partial charge on any atom is -0.467 e. The lowest BCUT2D eigenvalue weighted by molar-refractivity contribution is -0.143. The molecule has 0 bridgehead atoms. The topological polar surface area (TPSA) is 71.8 Å². The third-order valence-corrected chi connectivity index (χ3v) is 3.72. The summed E-state index contributed by atoms with van der Waals surface area (Å²) in [7, 11) is 0. The van der Waals surface area contributed by atoms with E-state index in [1.807, 2.05) is 24.3 Å². The Morgan fingerprint density at radius 2 is 1.92 bits per heavy atom. The van der Waals surface area contributed by atoms with Crippen LogP contribution in [0.25, 0.3) is 0 Å². The number of urea groups is 1. The lowest BCUT2D eigenvalue weighted by Gasteiger charge is -2.22. The lowest BCUT2D eigenvalue weighted by Crippen LogP contribution is -2.36. The third-order valence-electron chi connectivity index (χ3n) is 3.72. The van der Waals surface area contributed by atoms with E-state index in [-0.39, 0.29) is 31.5 Å². The molecule has 1 heterocycles. The van der Waals surface area contributed by atoms with Crippen molar-refractivity contribution in [2.24, 2.45) is 0 Å². The number of aryl methyl sites for hydroxylation is 1. The van der Waals surface area contributed by atoms with Crippen molar-refractivity contribution >= 4 is 17.7 Å². The second-order valence-electron chi connectivity index (χ2n) is 5.54. The van der Waals surface area contributed by atoms with Gasteiger partial charge in [0.25, 0.3) is 0 Å². The Kier molecular flexibility index (Phi) is 7.07. The van der Waals surface area contributed by atoms with Crippen molar-refractivity contribution in [3.63, 3.8) is 0 Å². The molecule has 6 heteroatoms. The molecule has 2 rings (SSSR count). The van der Waals surface area contributed by atoms with E-state index in [0.717, 1.165) is 6.42 Å². The van der Waals surface area contributed by atoms with Crippen LogP contribution in [0.3, 0.4) is 0 Å². The van der Waals surface area contributed by atoms with Gasteiger partial charge in [-0.3, -0.25) is 4.79 Å². The molecule has 0 atom stereocenters. The van der Waals surface area contributed by atoms with Crippen LogP contribution in [0.5, 0.6) is 0 Å². The van der Waals surface area contributed by atoms with Crippen LogP contribution in [0, 0.1) is 0 Å². The van der Waals surface area contributed by atoms with Crippen LogP contribution in [0.4, 0.5) is 10.5 Å². The van der Waals surface area contributed by atoms with Crippen molar-refractivity contribution in [3.05, 3.63) is 54.0 Å². The number of nitrogens with one attached hydrogen (secondary N) is 1. The summed E-state index contributed by atoms with van der Waals surface area (Å²) < 4.78 is 10.2. The zero-order valence-corrected chi connectivity index (χ0v) is 14.7. The molecule has 134 valence electrons. The highest BCUT2D eigenvalue weighted by molar-refractivity contribution is 5.89. The molecule has 1 N–H and O–H groups in total. The molecule has 0 radical (unpaired) electrons. The van der Waals surface area contributed by atoms with E-state index in [9.17, 15) is 9.59 Å². The van der Waals surface area contributed by atoms with Gasteiger partial charge in [0.1, 0.15) is 5.76 Å². The molecule has 0 spiro atoms. The average molecular weight is 344 g/mol. The molecule has 0 unspecified atom stereocenters. The number of anilines is 1. The second kappa shape index (κ2) is 9.52. The molecule has 0 fully saturated rings. The van der Waals surface area contributed by atoms with Gasteiger partial charge in [0.05, 0.1) is 25.8 Å². The first kappa shape index (κ1) is 18.6. The van der Waals surface area contributed by atoms with E-state index in [4.69, 9.17) is 9.15 Å². The number of carbonyl (C=O) groups is 2. The maximum atomic E-state index is 12.6. The summed E-state index contributed by atoms with van der Waals surface area (Å²) in [6, 6.07) is 11.0. The smallest absolute Gasteiger partial charge is 0.322 e. The zero-order valence-electron chi connectivity index (χ0n) is 14.7. The number of carbonyl (C=O) groups excluding carboxylic acids is 2. The molecular weight excluding hydrogens is 320 g/mol. The Morgan fingerprint density at radius 3 is 2.52 bits per heavy atom. The summed E-state index contributed by atoms with van der Waals surface area (Å²) >= 11 is 0. The molecule has 0 saturated heterocycles. The summed E-state index contributed by atoms with van der Waals surface area (Å²) in [6.45, 7) is 4.69. The molecule has 6 nitrogen and oxygen atoms in total. The van der Waals surface area contributed by atoms with Gasteiger partial charge in [-0.05, 0) is 43.2 Å². The van der Waals surface area contributed by atoms with Gasteiger partial charge in [-0.15, -0.1) is 0 Å². The van der Waals surface area contributed by atoms with E-state index >= 15 is 0 Å². The van der Waals surface area contributed by atoms with Crippen molar-refractivity contribution in [2.75, 3.05) is 18.5 Å². The van der Waals surface area contributed by atoms with E-state index in [2.05, 4.69) is 12.2 Å². The highest BCUT2D eigenvalue weighted by Gasteiger charge is 2.17. The molecular formula is C19H24N2O4. The van der Waals surface area contributed by atoms with Gasteiger partial charge in [-0.2, -0.15) is 0 Å². The molecule has 1 aromatic heterocycles. The van der Waals surface area contributed by atoms with E-state index in [1.165, 1.54) is 10.5 Å². The molecule has 25 heavy (non-hydrogen) atoms. The van der Waals surface area contributed by atoms with Crippen molar-refractivity contribution < 1.29 is 18.7 Å². The summed E-state index contributed by atoms with van der Waals surface area (Å²) in [5.41, 5.74) is 1.91. The molecule has 2 aromatic rings. The fraction of sp³-hybridized carbons (Fsp3) is 0.368. The molecule has 0 aliphatic carbocycles. The largest absolute Gasteiger partial charge is 0.467 e. The zero-order chi connectivity index (χ0) is 18.1. The first-order valence-corrected chi connectivity index (χ1v) is 8.45. The van der Waals surface area contributed by atoms with Crippen molar-refractivity contribution in [3.8, 4) is 0 Å². The third kappa shape index (κ3) is 5.99. The summed E-state index contributed by atoms with van der Waals surface area (Å²) in [6.07, 6.45) is 2.63. The maximum Gasteiger partial charge on any atom is 0.322 e. The van der Waals surface area contributed by atoms with Gasteiger partial charge in [-0.25, -0.2) is 4.79 Å². The number of ether oxygens (including phenoxy) is 1. The quantitative estimate of drug-likeness (QED) is 0.739. The van der Waals surface area contributed by atoms with Gasteiger partial charge < -0.3 is 19.4 Å². The monoisotopic (exact) mass is 344 g/mol.